The third kappa shape index (κ3) is 4.11. The monoisotopic (exact) mass is 244 g/mol. The van der Waals surface area contributed by atoms with Gasteiger partial charge >= 0.3 is 0 Å². The molecule has 0 bridgehead atoms. The smallest absolute Gasteiger partial charge is 0.237 e. The topological polar surface area (TPSA) is 98.2 Å². The Hall–Kier alpha value is -0.590. The molecule has 1 fully saturated rings. The average Bonchev–Trinajstić information content (AvgIpc) is 2.64. The Morgan fingerprint density at radius 1 is 1.56 bits per heavy atom. The third-order valence-electron chi connectivity index (χ3n) is 2.56. The second-order valence-corrected chi connectivity index (χ2v) is 5.01. The van der Waals surface area contributed by atoms with Crippen molar-refractivity contribution in [2.75, 3.05) is 12.3 Å². The maximum Gasteiger partial charge on any atom is 0.237 e. The fraction of sp³-hybridized carbons (Fsp3) is 0.800. The zero-order valence-corrected chi connectivity index (χ0v) is 10.1. The van der Waals surface area contributed by atoms with Gasteiger partial charge < -0.3 is 16.8 Å². The van der Waals surface area contributed by atoms with Gasteiger partial charge in [-0.2, -0.15) is 0 Å². The summed E-state index contributed by atoms with van der Waals surface area (Å²) in [4.78, 5) is 22.9. The van der Waals surface area contributed by atoms with Crippen LogP contribution in [0.1, 0.15) is 25.7 Å². The molecule has 5 nitrogen and oxygen atoms in total. The normalized spacial score (nSPS) is 22.1. The van der Waals surface area contributed by atoms with E-state index in [2.05, 4.69) is 5.32 Å². The highest BCUT2D eigenvalue weighted by Crippen LogP contribution is 2.19. The molecule has 0 aromatic heterocycles. The van der Waals surface area contributed by atoms with Crippen molar-refractivity contribution in [3.63, 3.8) is 0 Å². The molecule has 1 aliphatic rings. The number of nitrogens with one attached hydrogen (secondary N) is 1. The van der Waals surface area contributed by atoms with Crippen molar-refractivity contribution in [2.45, 2.75) is 37.8 Å². The number of carbonyl (C=O) groups is 2. The molecule has 16 heavy (non-hydrogen) atoms. The van der Waals surface area contributed by atoms with Gasteiger partial charge in [-0.05, 0) is 25.8 Å². The number of thioether (sulfide) groups is 1. The molecule has 2 atom stereocenters. The SMILES string of the molecule is NCCCC[C@H](N)[11C](=O)N[C@H]1CCSC1=O. The number of unbranched alkanes of at least 4 members (excludes halogenated alkanes) is 1. The second kappa shape index (κ2) is 6.88. The lowest BCUT2D eigenvalue weighted by molar-refractivity contribution is -0.125. The molecule has 92 valence electrons. The number of amides is 1. The second-order valence-electron chi connectivity index (χ2n) is 3.91. The van der Waals surface area contributed by atoms with E-state index < -0.39 is 6.04 Å². The summed E-state index contributed by atoms with van der Waals surface area (Å²) in [7, 11) is 0. The van der Waals surface area contributed by atoms with E-state index in [0.717, 1.165) is 18.6 Å². The van der Waals surface area contributed by atoms with Gasteiger partial charge in [0.25, 0.3) is 0 Å². The highest BCUT2D eigenvalue weighted by Gasteiger charge is 2.28. The summed E-state index contributed by atoms with van der Waals surface area (Å²) in [6.45, 7) is 0.617. The van der Waals surface area contributed by atoms with E-state index in [1.165, 1.54) is 11.8 Å². The average molecular weight is 244 g/mol. The van der Waals surface area contributed by atoms with Gasteiger partial charge in [0, 0.05) is 5.75 Å². The van der Waals surface area contributed by atoms with Crippen LogP contribution >= 0.6 is 11.8 Å². The number of nitrogens with two attached hydrogens (primary N) is 2. The van der Waals surface area contributed by atoms with E-state index in [1.54, 1.807) is 0 Å². The van der Waals surface area contributed by atoms with Gasteiger partial charge in [-0.3, -0.25) is 9.59 Å². The number of hydrogen-bond acceptors (Lipinski definition) is 5. The summed E-state index contributed by atoms with van der Waals surface area (Å²) in [5, 5.41) is 2.73. The van der Waals surface area contributed by atoms with Crippen LogP contribution in [0.25, 0.3) is 0 Å². The van der Waals surface area contributed by atoms with Crippen molar-refractivity contribution in [1.29, 1.82) is 0 Å². The Bertz CT molecular complexity index is 260. The van der Waals surface area contributed by atoms with E-state index in [9.17, 15) is 9.59 Å². The maximum atomic E-state index is 11.6. The first-order valence-corrected chi connectivity index (χ1v) is 6.56. The lowest BCUT2D eigenvalue weighted by Crippen LogP contribution is -2.46. The van der Waals surface area contributed by atoms with Crippen LogP contribution in [0.2, 0.25) is 0 Å². The minimum Gasteiger partial charge on any atom is -0.344 e. The van der Waals surface area contributed by atoms with E-state index in [-0.39, 0.29) is 17.1 Å². The zero-order valence-electron chi connectivity index (χ0n) is 9.28. The van der Waals surface area contributed by atoms with E-state index in [0.29, 0.717) is 19.4 Å². The third-order valence-corrected chi connectivity index (χ3v) is 3.57. The minimum absolute atomic E-state index is 0.0440. The number of carbonyl (C=O) groups excluding carboxylic acids is 2. The van der Waals surface area contributed by atoms with E-state index in [1.807, 2.05) is 0 Å². The molecular weight excluding hydrogens is 225 g/mol. The van der Waals surface area contributed by atoms with Crippen molar-refractivity contribution in [3.8, 4) is 0 Å². The molecule has 0 saturated carbocycles. The molecule has 6 heteroatoms. The lowest BCUT2D eigenvalue weighted by Gasteiger charge is -2.15. The van der Waals surface area contributed by atoms with Gasteiger partial charge in [0.05, 0.1) is 12.1 Å². The van der Waals surface area contributed by atoms with Gasteiger partial charge in [0.1, 0.15) is 0 Å². The van der Waals surface area contributed by atoms with Crippen LogP contribution in [-0.2, 0) is 9.59 Å². The van der Waals surface area contributed by atoms with Crippen LogP contribution in [0.5, 0.6) is 0 Å². The zero-order chi connectivity index (χ0) is 12.0. The van der Waals surface area contributed by atoms with Crippen LogP contribution in [0.15, 0.2) is 0 Å². The molecule has 5 N–H and O–H groups in total. The molecule has 1 saturated heterocycles. The first-order valence-electron chi connectivity index (χ1n) is 5.58. The van der Waals surface area contributed by atoms with Crippen LogP contribution in [0.3, 0.4) is 0 Å². The summed E-state index contributed by atoms with van der Waals surface area (Å²) < 4.78 is 0. The largest absolute Gasteiger partial charge is 0.344 e. The first kappa shape index (κ1) is 13.5. The molecule has 1 amide bonds. The Morgan fingerprint density at radius 3 is 2.88 bits per heavy atom. The van der Waals surface area contributed by atoms with Crippen molar-refractivity contribution >= 4 is 22.8 Å². The molecule has 0 spiro atoms. The Labute approximate surface area is 99.7 Å². The minimum atomic E-state index is -0.523. The molecule has 0 aliphatic carbocycles. The highest BCUT2D eigenvalue weighted by atomic mass is 32.2. The van der Waals surface area contributed by atoms with Gasteiger partial charge in [0.15, 0.2) is 0 Å². The quantitative estimate of drug-likeness (QED) is 0.552. The predicted molar refractivity (Wildman–Crippen MR) is 64.9 cm³/mol. The summed E-state index contributed by atoms with van der Waals surface area (Å²) in [5.74, 6) is 0.560. The van der Waals surface area contributed by atoms with Crippen LogP contribution in [-0.4, -0.2) is 35.4 Å². The molecule has 1 aliphatic heterocycles. The molecule has 1 rings (SSSR count). The van der Waals surface area contributed by atoms with Gasteiger partial charge in [-0.1, -0.05) is 18.2 Å². The van der Waals surface area contributed by atoms with Crippen molar-refractivity contribution in [3.05, 3.63) is 0 Å². The molecule has 0 aromatic rings. The summed E-state index contributed by atoms with van der Waals surface area (Å²) in [6.07, 6.45) is 3.06. The van der Waals surface area contributed by atoms with Crippen LogP contribution < -0.4 is 16.8 Å². The van der Waals surface area contributed by atoms with Gasteiger partial charge in [0.2, 0.25) is 11.0 Å². The molecule has 0 radical (unpaired) electrons. The van der Waals surface area contributed by atoms with Gasteiger partial charge in [-0.15, -0.1) is 0 Å². The highest BCUT2D eigenvalue weighted by molar-refractivity contribution is 8.14. The van der Waals surface area contributed by atoms with Crippen LogP contribution in [0.4, 0.5) is 0 Å². The lowest BCUT2D eigenvalue weighted by atomic mass is 9.84. The molecular formula is C10H19N3O2S. The first-order chi connectivity index (χ1) is 7.65. The van der Waals surface area contributed by atoms with Crippen molar-refractivity contribution in [1.82, 2.24) is 5.32 Å². The molecule has 0 aromatic carbocycles. The summed E-state index contributed by atoms with van der Waals surface area (Å²) in [5.41, 5.74) is 11.1. The Kier molecular flexibility index (Phi) is 5.79. The van der Waals surface area contributed by atoms with Crippen LogP contribution in [0, 0.1) is 0 Å². The predicted octanol–water partition coefficient (Wildman–Crippen LogP) is -0.409. The maximum absolute atomic E-state index is 11.6. The summed E-state index contributed by atoms with van der Waals surface area (Å²) in [6, 6.07) is -0.858. The van der Waals surface area contributed by atoms with Gasteiger partial charge in [-0.25, -0.2) is 0 Å². The number of rotatable bonds is 6. The molecule has 1 heterocycles. The van der Waals surface area contributed by atoms with E-state index >= 15 is 0 Å². The fourth-order valence-electron chi connectivity index (χ4n) is 1.55. The van der Waals surface area contributed by atoms with Crippen molar-refractivity contribution in [2.24, 2.45) is 11.5 Å². The molecule has 0 unspecified atom stereocenters. The Morgan fingerprint density at radius 2 is 2.31 bits per heavy atom. The van der Waals surface area contributed by atoms with Crippen molar-refractivity contribution < 1.29 is 9.59 Å². The summed E-state index contributed by atoms with van der Waals surface area (Å²) >= 11 is 1.27. The standard InChI is InChI=1S/C10H19N3O2S/c11-5-2-1-3-7(12)9(14)13-8-4-6-16-10(8)15/h7-8H,1-6,11-12H2,(H,13,14)/t7-,8-/m0/s1/i9-1. The Balaban J connectivity index is 2.25. The van der Waals surface area contributed by atoms with E-state index in [4.69, 9.17) is 11.5 Å². The number of hydrogen-bond donors (Lipinski definition) is 3. The fourth-order valence-corrected chi connectivity index (χ4v) is 2.48.